The normalized spacial score (nSPS) is 15.2. The average molecular weight is 377 g/mol. The molecule has 2 aromatic rings. The van der Waals surface area contributed by atoms with E-state index in [1.165, 1.54) is 26.4 Å². The van der Waals surface area contributed by atoms with Gasteiger partial charge in [0.2, 0.25) is 10.0 Å². The second-order valence-corrected chi connectivity index (χ2v) is 8.59. The van der Waals surface area contributed by atoms with Crippen LogP contribution in [0.25, 0.3) is 0 Å². The Morgan fingerprint density at radius 2 is 1.81 bits per heavy atom. The average Bonchev–Trinajstić information content (AvgIpc) is 2.92. The van der Waals surface area contributed by atoms with Crippen LogP contribution in [0.15, 0.2) is 41.3 Å². The Kier molecular flexibility index (Phi) is 4.86. The monoisotopic (exact) mass is 377 g/mol. The van der Waals surface area contributed by atoms with Crippen molar-refractivity contribution in [2.45, 2.75) is 37.3 Å². The third-order valence-electron chi connectivity index (χ3n) is 4.26. The highest BCUT2D eigenvalue weighted by atomic mass is 32.2. The molecule has 0 aliphatic carbocycles. The number of rotatable bonds is 6. The van der Waals surface area contributed by atoms with Crippen LogP contribution in [-0.4, -0.2) is 28.2 Å². The predicted octanol–water partition coefficient (Wildman–Crippen LogP) is 2.90. The van der Waals surface area contributed by atoms with Gasteiger partial charge in [0.1, 0.15) is 11.4 Å². The molecule has 1 aliphatic heterocycles. The number of methoxy groups -OCH3 is 2. The van der Waals surface area contributed by atoms with E-state index in [1.54, 1.807) is 6.07 Å². The van der Waals surface area contributed by atoms with Crippen molar-refractivity contribution in [3.05, 3.63) is 47.5 Å². The van der Waals surface area contributed by atoms with Crippen molar-refractivity contribution in [1.29, 1.82) is 0 Å². The van der Waals surface area contributed by atoms with Crippen molar-refractivity contribution in [2.75, 3.05) is 14.2 Å². The molecule has 1 N–H and O–H groups in total. The van der Waals surface area contributed by atoms with E-state index in [4.69, 9.17) is 14.2 Å². The van der Waals surface area contributed by atoms with E-state index in [0.717, 1.165) is 23.3 Å². The third-order valence-corrected chi connectivity index (χ3v) is 5.66. The quantitative estimate of drug-likeness (QED) is 0.838. The smallest absolute Gasteiger partial charge is 0.241 e. The molecule has 0 unspecified atom stereocenters. The number of fused-ring (bicyclic) bond motifs is 1. The fourth-order valence-corrected chi connectivity index (χ4v) is 4.05. The van der Waals surface area contributed by atoms with Gasteiger partial charge in [-0.15, -0.1) is 0 Å². The summed E-state index contributed by atoms with van der Waals surface area (Å²) in [7, 11) is -0.699. The number of sulfonamides is 1. The van der Waals surface area contributed by atoms with Crippen LogP contribution in [0, 0.1) is 0 Å². The molecule has 0 spiro atoms. The highest BCUT2D eigenvalue weighted by Crippen LogP contribution is 2.35. The van der Waals surface area contributed by atoms with Gasteiger partial charge in [-0.25, -0.2) is 13.1 Å². The van der Waals surface area contributed by atoms with Crippen LogP contribution in [-0.2, 0) is 23.0 Å². The summed E-state index contributed by atoms with van der Waals surface area (Å²) in [4.78, 5) is 0.126. The van der Waals surface area contributed by atoms with Crippen LogP contribution in [0.4, 0.5) is 0 Å². The molecule has 0 saturated carbocycles. The minimum absolute atomic E-state index is 0.126. The summed E-state index contributed by atoms with van der Waals surface area (Å²) in [5.41, 5.74) is 1.76. The Bertz CT molecular complexity index is 922. The Hall–Kier alpha value is -2.25. The van der Waals surface area contributed by atoms with E-state index in [0.29, 0.717) is 11.5 Å². The largest absolute Gasteiger partial charge is 0.493 e. The Morgan fingerprint density at radius 1 is 1.08 bits per heavy atom. The molecule has 0 fully saturated rings. The highest BCUT2D eigenvalue weighted by Gasteiger charge is 2.30. The molecular weight excluding hydrogens is 354 g/mol. The Morgan fingerprint density at radius 3 is 2.50 bits per heavy atom. The van der Waals surface area contributed by atoms with Crippen LogP contribution >= 0.6 is 0 Å². The first-order chi connectivity index (χ1) is 12.2. The maximum absolute atomic E-state index is 12.6. The van der Waals surface area contributed by atoms with E-state index in [2.05, 4.69) is 4.72 Å². The Balaban J connectivity index is 1.75. The molecule has 6 nitrogen and oxygen atoms in total. The van der Waals surface area contributed by atoms with Gasteiger partial charge < -0.3 is 14.2 Å². The SMILES string of the molecule is COc1ccc(S(=O)(=O)NCc2ccc3c(c2)CC(C)(C)O3)cc1OC. The molecule has 0 atom stereocenters. The lowest BCUT2D eigenvalue weighted by molar-refractivity contribution is 0.138. The van der Waals surface area contributed by atoms with Crippen molar-refractivity contribution >= 4 is 10.0 Å². The van der Waals surface area contributed by atoms with E-state index in [1.807, 2.05) is 32.0 Å². The summed E-state index contributed by atoms with van der Waals surface area (Å²) in [5.74, 6) is 1.71. The predicted molar refractivity (Wildman–Crippen MR) is 98.4 cm³/mol. The lowest BCUT2D eigenvalue weighted by Gasteiger charge is -2.16. The molecule has 0 saturated heterocycles. The van der Waals surface area contributed by atoms with Crippen molar-refractivity contribution < 1.29 is 22.6 Å². The van der Waals surface area contributed by atoms with Crippen LogP contribution in [0.2, 0.25) is 0 Å². The van der Waals surface area contributed by atoms with E-state index < -0.39 is 10.0 Å². The molecule has 1 aliphatic rings. The van der Waals surface area contributed by atoms with Crippen LogP contribution in [0.5, 0.6) is 17.2 Å². The summed E-state index contributed by atoms with van der Waals surface area (Å²) in [6.07, 6.45) is 0.804. The first-order valence-corrected chi connectivity index (χ1v) is 9.75. The molecule has 26 heavy (non-hydrogen) atoms. The van der Waals surface area contributed by atoms with E-state index in [9.17, 15) is 8.42 Å². The van der Waals surface area contributed by atoms with E-state index in [-0.39, 0.29) is 17.0 Å². The van der Waals surface area contributed by atoms with Gasteiger partial charge in [-0.1, -0.05) is 12.1 Å². The second-order valence-electron chi connectivity index (χ2n) is 6.82. The number of benzene rings is 2. The standard InChI is InChI=1S/C19H23NO5S/c1-19(2)11-14-9-13(5-7-16(14)25-19)12-20-26(21,22)15-6-8-17(23-3)18(10-15)24-4/h5-10,20H,11-12H2,1-4H3. The topological polar surface area (TPSA) is 73.9 Å². The molecule has 1 heterocycles. The lowest BCUT2D eigenvalue weighted by Crippen LogP contribution is -2.24. The molecule has 0 bridgehead atoms. The third kappa shape index (κ3) is 3.78. The molecule has 0 aromatic heterocycles. The van der Waals surface area contributed by atoms with Gasteiger partial charge in [-0.3, -0.25) is 0 Å². The fraction of sp³-hybridized carbons (Fsp3) is 0.368. The summed E-state index contributed by atoms with van der Waals surface area (Å²) >= 11 is 0. The van der Waals surface area contributed by atoms with Crippen LogP contribution in [0.3, 0.4) is 0 Å². The van der Waals surface area contributed by atoms with Crippen LogP contribution < -0.4 is 18.9 Å². The van der Waals surface area contributed by atoms with Gasteiger partial charge in [0, 0.05) is 19.0 Å². The molecule has 2 aromatic carbocycles. The zero-order valence-electron chi connectivity index (χ0n) is 15.3. The zero-order valence-corrected chi connectivity index (χ0v) is 16.1. The summed E-state index contributed by atoms with van der Waals surface area (Å²) in [6.45, 7) is 4.27. The molecule has 0 amide bonds. The maximum Gasteiger partial charge on any atom is 0.241 e. The molecular formula is C19H23NO5S. The number of hydrogen-bond donors (Lipinski definition) is 1. The minimum Gasteiger partial charge on any atom is -0.493 e. The van der Waals surface area contributed by atoms with Crippen molar-refractivity contribution in [3.63, 3.8) is 0 Å². The lowest BCUT2D eigenvalue weighted by atomic mass is 10.0. The fourth-order valence-electron chi connectivity index (χ4n) is 3.02. The first-order valence-electron chi connectivity index (χ1n) is 8.26. The van der Waals surface area contributed by atoms with Crippen LogP contribution in [0.1, 0.15) is 25.0 Å². The second kappa shape index (κ2) is 6.81. The molecule has 7 heteroatoms. The van der Waals surface area contributed by atoms with Crippen molar-refractivity contribution in [3.8, 4) is 17.2 Å². The summed E-state index contributed by atoms with van der Waals surface area (Å²) in [5, 5.41) is 0. The zero-order chi connectivity index (χ0) is 18.9. The van der Waals surface area contributed by atoms with Gasteiger partial charge in [-0.05, 0) is 43.2 Å². The molecule has 0 radical (unpaired) electrons. The summed E-state index contributed by atoms with van der Waals surface area (Å²) in [6, 6.07) is 10.3. The highest BCUT2D eigenvalue weighted by molar-refractivity contribution is 7.89. The molecule has 140 valence electrons. The Labute approximate surface area is 154 Å². The molecule has 3 rings (SSSR count). The number of ether oxygens (including phenoxy) is 3. The van der Waals surface area contributed by atoms with Gasteiger partial charge in [-0.2, -0.15) is 0 Å². The van der Waals surface area contributed by atoms with Crippen molar-refractivity contribution in [2.24, 2.45) is 0 Å². The van der Waals surface area contributed by atoms with E-state index >= 15 is 0 Å². The van der Waals surface area contributed by atoms with Gasteiger partial charge in [0.05, 0.1) is 19.1 Å². The minimum atomic E-state index is -3.67. The van der Waals surface area contributed by atoms with Gasteiger partial charge in [0.15, 0.2) is 11.5 Å². The number of nitrogens with one attached hydrogen (secondary N) is 1. The van der Waals surface area contributed by atoms with Gasteiger partial charge in [0.25, 0.3) is 0 Å². The first kappa shape index (κ1) is 18.5. The maximum atomic E-state index is 12.6. The number of hydrogen-bond acceptors (Lipinski definition) is 5. The van der Waals surface area contributed by atoms with Crippen molar-refractivity contribution in [1.82, 2.24) is 4.72 Å². The van der Waals surface area contributed by atoms with Gasteiger partial charge >= 0.3 is 0 Å². The summed E-state index contributed by atoms with van der Waals surface area (Å²) < 4.78 is 43.9.